The van der Waals surface area contributed by atoms with E-state index in [4.69, 9.17) is 0 Å². The number of rotatable bonds is 0. The van der Waals surface area contributed by atoms with Gasteiger partial charge in [0.2, 0.25) is 0 Å². The lowest BCUT2D eigenvalue weighted by Gasteiger charge is -2.57. The Balaban J connectivity index is 1.32. The smallest absolute Gasteiger partial charge is 0.0577 e. The molecule has 4 saturated carbocycles. The van der Waals surface area contributed by atoms with Gasteiger partial charge in [0.05, 0.1) is 18.3 Å². The molecule has 31 heavy (non-hydrogen) atoms. The molecule has 4 aliphatic carbocycles. The first-order valence-corrected chi connectivity index (χ1v) is 13.2. The fraction of sp³-hybridized carbons (Fsp3) is 0.926. The van der Waals surface area contributed by atoms with Crippen molar-refractivity contribution in [3.05, 3.63) is 12.2 Å². The first-order chi connectivity index (χ1) is 14.8. The lowest BCUT2D eigenvalue weighted by Crippen LogP contribution is -2.60. The number of aliphatic hydroxyl groups is 3. The van der Waals surface area contributed by atoms with Crippen molar-refractivity contribution < 1.29 is 15.3 Å². The van der Waals surface area contributed by atoms with Crippen LogP contribution in [0.4, 0.5) is 0 Å². The summed E-state index contributed by atoms with van der Waals surface area (Å²) in [7, 11) is 0. The third kappa shape index (κ3) is 3.00. The molecule has 3 N–H and O–H groups in total. The number of fused-ring (bicyclic) bond motifs is 8. The largest absolute Gasteiger partial charge is 0.393 e. The summed E-state index contributed by atoms with van der Waals surface area (Å²) >= 11 is 0. The van der Waals surface area contributed by atoms with Gasteiger partial charge in [0.15, 0.2) is 0 Å². The second kappa shape index (κ2) is 7.29. The molecule has 4 nitrogen and oxygen atoms in total. The van der Waals surface area contributed by atoms with Crippen molar-refractivity contribution in [2.45, 2.75) is 83.6 Å². The van der Waals surface area contributed by atoms with Crippen LogP contribution in [-0.4, -0.2) is 57.7 Å². The molecule has 0 aromatic heterocycles. The zero-order valence-electron chi connectivity index (χ0n) is 19.6. The molecule has 0 aromatic carbocycles. The number of hydrogen-bond acceptors (Lipinski definition) is 4. The third-order valence-electron chi connectivity index (χ3n) is 11.5. The summed E-state index contributed by atoms with van der Waals surface area (Å²) in [5, 5.41) is 32.9. The summed E-state index contributed by atoms with van der Waals surface area (Å²) in [5.74, 6) is 4.88. The van der Waals surface area contributed by atoms with E-state index in [1.165, 1.54) is 6.42 Å². The van der Waals surface area contributed by atoms with Crippen LogP contribution in [0.25, 0.3) is 0 Å². The van der Waals surface area contributed by atoms with E-state index in [0.717, 1.165) is 45.2 Å². The molecule has 6 rings (SSSR count). The van der Waals surface area contributed by atoms with Gasteiger partial charge in [-0.15, -0.1) is 0 Å². The van der Waals surface area contributed by atoms with Crippen LogP contribution in [-0.2, 0) is 0 Å². The summed E-state index contributed by atoms with van der Waals surface area (Å²) < 4.78 is 0. The minimum atomic E-state index is -0.280. The number of nitrogens with zero attached hydrogens (tertiary/aromatic N) is 1. The van der Waals surface area contributed by atoms with Gasteiger partial charge in [0.1, 0.15) is 0 Å². The van der Waals surface area contributed by atoms with Crippen molar-refractivity contribution in [3.63, 3.8) is 0 Å². The Morgan fingerprint density at radius 2 is 1.55 bits per heavy atom. The van der Waals surface area contributed by atoms with Crippen LogP contribution in [0.3, 0.4) is 0 Å². The van der Waals surface area contributed by atoms with Crippen LogP contribution < -0.4 is 0 Å². The maximum absolute atomic E-state index is 11.4. The Hall–Kier alpha value is -0.420. The predicted molar refractivity (Wildman–Crippen MR) is 121 cm³/mol. The lowest BCUT2D eigenvalue weighted by atomic mass is 9.51. The molecule has 4 heteroatoms. The number of piperidine rings is 1. The summed E-state index contributed by atoms with van der Waals surface area (Å²) in [4.78, 5) is 2.73. The van der Waals surface area contributed by atoms with E-state index in [1.807, 2.05) is 0 Å². The average Bonchev–Trinajstić information content (AvgIpc) is 3.08. The fourth-order valence-electron chi connectivity index (χ4n) is 10.2. The first kappa shape index (κ1) is 21.1. The summed E-state index contributed by atoms with van der Waals surface area (Å²) in [6, 6.07) is 0.496. The van der Waals surface area contributed by atoms with E-state index >= 15 is 0 Å². The van der Waals surface area contributed by atoms with Crippen LogP contribution in [0, 0.1) is 58.7 Å². The Morgan fingerprint density at radius 3 is 2.35 bits per heavy atom. The van der Waals surface area contributed by atoms with Crippen LogP contribution in [0.2, 0.25) is 0 Å². The van der Waals surface area contributed by atoms with Crippen molar-refractivity contribution in [3.8, 4) is 0 Å². The molecule has 0 bridgehead atoms. The molecule has 6 aliphatic rings. The second-order valence-corrected chi connectivity index (χ2v) is 12.9. The Kier molecular flexibility index (Phi) is 4.97. The van der Waals surface area contributed by atoms with E-state index in [0.29, 0.717) is 53.4 Å². The van der Waals surface area contributed by atoms with Crippen LogP contribution >= 0.6 is 0 Å². The second-order valence-electron chi connectivity index (χ2n) is 12.9. The van der Waals surface area contributed by atoms with Gasteiger partial charge in [0, 0.05) is 19.1 Å². The highest BCUT2D eigenvalue weighted by Crippen LogP contribution is 2.66. The zero-order valence-corrected chi connectivity index (χ0v) is 19.6. The monoisotopic (exact) mass is 429 g/mol. The molecule has 0 amide bonds. The molecule has 0 spiro atoms. The highest BCUT2D eigenvalue weighted by Gasteiger charge is 2.63. The third-order valence-corrected chi connectivity index (χ3v) is 11.5. The van der Waals surface area contributed by atoms with Crippen molar-refractivity contribution in [1.82, 2.24) is 4.90 Å². The van der Waals surface area contributed by atoms with Gasteiger partial charge in [0.25, 0.3) is 0 Å². The van der Waals surface area contributed by atoms with Crippen LogP contribution in [0.15, 0.2) is 12.2 Å². The van der Waals surface area contributed by atoms with Gasteiger partial charge < -0.3 is 15.3 Å². The van der Waals surface area contributed by atoms with Crippen molar-refractivity contribution in [2.24, 2.45) is 58.7 Å². The maximum atomic E-state index is 11.4. The topological polar surface area (TPSA) is 63.9 Å². The van der Waals surface area contributed by atoms with E-state index in [9.17, 15) is 15.3 Å². The summed E-state index contributed by atoms with van der Waals surface area (Å²) in [6.45, 7) is 9.46. The van der Waals surface area contributed by atoms with Crippen LogP contribution in [0.5, 0.6) is 0 Å². The molecular weight excluding hydrogens is 386 g/mol. The van der Waals surface area contributed by atoms with Gasteiger partial charge in [-0.3, -0.25) is 4.90 Å². The molecule has 2 heterocycles. The molecule has 0 aromatic rings. The lowest BCUT2D eigenvalue weighted by molar-refractivity contribution is -0.136. The van der Waals surface area contributed by atoms with Gasteiger partial charge in [-0.2, -0.15) is 0 Å². The average molecular weight is 430 g/mol. The fourth-order valence-corrected chi connectivity index (χ4v) is 10.2. The van der Waals surface area contributed by atoms with E-state index in [2.05, 4.69) is 37.8 Å². The number of aliphatic hydroxyl groups excluding tert-OH is 3. The highest BCUT2D eigenvalue weighted by atomic mass is 16.3. The van der Waals surface area contributed by atoms with E-state index in [-0.39, 0.29) is 29.6 Å². The van der Waals surface area contributed by atoms with Crippen LogP contribution in [0.1, 0.15) is 59.3 Å². The molecule has 5 fully saturated rings. The van der Waals surface area contributed by atoms with Gasteiger partial charge >= 0.3 is 0 Å². The summed E-state index contributed by atoms with van der Waals surface area (Å²) in [5.41, 5.74) is 0.157. The predicted octanol–water partition coefficient (Wildman–Crippen LogP) is 3.31. The SMILES string of the molecule is CC1C=CC2[C@H](C)[C@@H]3[C@@H](CN2C1)[C@@H]1C[C@H]2[C@@H](C[C@@H](O)[C@H]4C[C@@H](O)CC[C@@]42C)[C@@H]1C[C@@H]3O. The quantitative estimate of drug-likeness (QED) is 0.517. The molecule has 1 saturated heterocycles. The highest BCUT2D eigenvalue weighted by molar-refractivity contribution is 5.15. The van der Waals surface area contributed by atoms with Crippen molar-refractivity contribution in [2.75, 3.05) is 13.1 Å². The zero-order chi connectivity index (χ0) is 21.7. The molecule has 14 atom stereocenters. The molecule has 0 radical (unpaired) electrons. The van der Waals surface area contributed by atoms with Gasteiger partial charge in [-0.05, 0) is 97.2 Å². The Labute approximate surface area is 188 Å². The molecular formula is C27H43NO3. The minimum absolute atomic E-state index is 0.157. The van der Waals surface area contributed by atoms with Gasteiger partial charge in [-0.1, -0.05) is 32.9 Å². The molecule has 2 unspecified atom stereocenters. The Morgan fingerprint density at radius 1 is 0.806 bits per heavy atom. The summed E-state index contributed by atoms with van der Waals surface area (Å²) in [6.07, 6.45) is 9.97. The standard InChI is InChI=1S/C27H43NO3/c1-14-4-5-23-15(2)26-20(13-28(23)12-14)17-9-21-19(18(17)10-25(26)31)11-24(30)22-8-16(29)6-7-27(21,22)3/h4-5,14-26,29-31H,6-13H2,1-3H3/t14?,15-,16-,17+,18+,19-,20-,21-,22+,23?,24+,25-,26+,27+/m0/s1. The Bertz CT molecular complexity index is 740. The van der Waals surface area contributed by atoms with Crippen molar-refractivity contribution in [1.29, 1.82) is 0 Å². The van der Waals surface area contributed by atoms with Crippen molar-refractivity contribution >= 4 is 0 Å². The van der Waals surface area contributed by atoms with Gasteiger partial charge in [-0.25, -0.2) is 0 Å². The molecule has 2 aliphatic heterocycles. The molecule has 174 valence electrons. The minimum Gasteiger partial charge on any atom is -0.393 e. The van der Waals surface area contributed by atoms with E-state index in [1.54, 1.807) is 0 Å². The number of hydrogen-bond donors (Lipinski definition) is 3. The normalized spacial score (nSPS) is 61.0. The maximum Gasteiger partial charge on any atom is 0.0577 e. The first-order valence-electron chi connectivity index (χ1n) is 13.2. The van der Waals surface area contributed by atoms with E-state index < -0.39 is 0 Å².